The molecule has 2 aliphatic heterocycles. The molecule has 7 rings (SSSR count). The normalized spacial score (nSPS) is 24.3. The van der Waals surface area contributed by atoms with Gasteiger partial charge < -0.3 is 53.3 Å². The second kappa shape index (κ2) is 27.8. The lowest BCUT2D eigenvalue weighted by atomic mass is 9.55. The molecule has 2 fully saturated rings. The van der Waals surface area contributed by atoms with Crippen LogP contribution in [0.3, 0.4) is 0 Å². The zero-order valence-electron chi connectivity index (χ0n) is 39.9. The molecule has 15 heteroatoms. The van der Waals surface area contributed by atoms with Gasteiger partial charge in [0.2, 0.25) is 12.1 Å². The fraction of sp³-hybridized carbons (Fsp3) is 0.556. The molecule has 1 saturated heterocycles. The van der Waals surface area contributed by atoms with E-state index in [9.17, 15) is 20.1 Å². The van der Waals surface area contributed by atoms with E-state index in [0.717, 1.165) is 61.0 Å². The summed E-state index contributed by atoms with van der Waals surface area (Å²) in [4.78, 5) is 23.9. The smallest absolute Gasteiger partial charge is 0.410 e. The summed E-state index contributed by atoms with van der Waals surface area (Å²) >= 11 is 1.74. The molecule has 1 amide bonds. The van der Waals surface area contributed by atoms with Gasteiger partial charge >= 0.3 is 6.09 Å². The van der Waals surface area contributed by atoms with Crippen molar-refractivity contribution in [3.63, 3.8) is 0 Å². The molecule has 3 N–H and O–H groups in total. The average Bonchev–Trinajstić information content (AvgIpc) is 3.38. The number of thioether (sulfide) groups is 1. The third-order valence-electron chi connectivity index (χ3n) is 13.3. The highest BCUT2D eigenvalue weighted by atomic mass is 32.2. The lowest BCUT2D eigenvalue weighted by Crippen LogP contribution is -2.70. The van der Waals surface area contributed by atoms with Gasteiger partial charge in [-0.05, 0) is 91.8 Å². The van der Waals surface area contributed by atoms with Crippen molar-refractivity contribution >= 4 is 23.6 Å². The van der Waals surface area contributed by atoms with Gasteiger partial charge in [0, 0.05) is 54.7 Å². The SMILES string of the molecule is C=CCO[C@@]12Oc3ccc(OCCSc4ccccc4)cc3[C@H]3[C@H](CCCCO)[C@@H](CCCCO)C=C(C(=NOC4CCCCO4)C[C@@H]1N(CCOCCO)C(=O)OCCOCc1ccccc1)[C@H]32. The molecule has 2 heterocycles. The van der Waals surface area contributed by atoms with Crippen LogP contribution in [0.25, 0.3) is 0 Å². The van der Waals surface area contributed by atoms with Gasteiger partial charge in [-0.2, -0.15) is 0 Å². The zero-order valence-corrected chi connectivity index (χ0v) is 40.7. The van der Waals surface area contributed by atoms with Crippen LogP contribution in [0.5, 0.6) is 11.5 Å². The number of fused-ring (bicyclic) bond motifs is 2. The van der Waals surface area contributed by atoms with Gasteiger partial charge in [0.1, 0.15) is 24.1 Å². The molecule has 0 bridgehead atoms. The largest absolute Gasteiger partial charge is 0.493 e. The van der Waals surface area contributed by atoms with Crippen LogP contribution in [0.15, 0.2) is 113 Å². The van der Waals surface area contributed by atoms with Crippen LogP contribution in [0.4, 0.5) is 4.79 Å². The van der Waals surface area contributed by atoms with Crippen LogP contribution in [-0.4, -0.2) is 129 Å². The summed E-state index contributed by atoms with van der Waals surface area (Å²) < 4.78 is 44.8. The quantitative estimate of drug-likeness (QED) is 0.0262. The van der Waals surface area contributed by atoms with Crippen molar-refractivity contribution in [1.82, 2.24) is 4.90 Å². The molecule has 1 saturated carbocycles. The van der Waals surface area contributed by atoms with Gasteiger partial charge in [0.05, 0.1) is 64.5 Å². The van der Waals surface area contributed by atoms with Crippen molar-refractivity contribution in [1.29, 1.82) is 0 Å². The van der Waals surface area contributed by atoms with Crippen molar-refractivity contribution < 1.29 is 58.1 Å². The number of ether oxygens (including phenoxy) is 7. The number of carbonyl (C=O) groups excluding carboxylic acids is 1. The fourth-order valence-corrected chi connectivity index (χ4v) is 11.0. The lowest BCUT2D eigenvalue weighted by Gasteiger charge is -2.59. The van der Waals surface area contributed by atoms with Gasteiger partial charge in [0.25, 0.3) is 0 Å². The molecular formula is C54H72N2O12S. The second-order valence-electron chi connectivity index (χ2n) is 17.9. The number of nitrogens with zero attached hydrogens (tertiary/aromatic N) is 2. The third kappa shape index (κ3) is 14.1. The molecule has 1 unspecified atom stereocenters. The van der Waals surface area contributed by atoms with Gasteiger partial charge in [-0.1, -0.05) is 78.7 Å². The number of hydrogen-bond donors (Lipinski definition) is 3. The Kier molecular flexibility index (Phi) is 21.1. The number of oxime groups is 1. The van der Waals surface area contributed by atoms with Crippen LogP contribution < -0.4 is 9.47 Å². The number of carbonyl (C=O) groups is 1. The molecule has 7 atom stereocenters. The molecular weight excluding hydrogens is 901 g/mol. The number of amides is 1. The minimum atomic E-state index is -1.50. The predicted octanol–water partition coefficient (Wildman–Crippen LogP) is 8.68. The fourth-order valence-electron chi connectivity index (χ4n) is 10.2. The number of aliphatic hydroxyl groups is 3. The molecule has 3 aromatic rings. The maximum atomic E-state index is 14.8. The summed E-state index contributed by atoms with van der Waals surface area (Å²) in [6, 6.07) is 25.2. The first kappa shape index (κ1) is 52.4. The molecule has 4 aliphatic rings. The Balaban J connectivity index is 1.31. The highest BCUT2D eigenvalue weighted by Gasteiger charge is 2.65. The molecule has 0 spiro atoms. The summed E-state index contributed by atoms with van der Waals surface area (Å²) in [5.41, 5.74) is 3.54. The number of hydrogen-bond acceptors (Lipinski definition) is 14. The van der Waals surface area contributed by atoms with Crippen LogP contribution in [0, 0.1) is 17.8 Å². The Morgan fingerprint density at radius 3 is 2.43 bits per heavy atom. The first-order valence-electron chi connectivity index (χ1n) is 24.9. The Morgan fingerprint density at radius 1 is 0.884 bits per heavy atom. The second-order valence-corrected chi connectivity index (χ2v) is 19.0. The highest BCUT2D eigenvalue weighted by Crippen LogP contribution is 2.62. The molecule has 69 heavy (non-hydrogen) atoms. The van der Waals surface area contributed by atoms with Crippen molar-refractivity contribution in [3.8, 4) is 11.5 Å². The van der Waals surface area contributed by atoms with Gasteiger partial charge in [-0.3, -0.25) is 4.90 Å². The highest BCUT2D eigenvalue weighted by molar-refractivity contribution is 7.99. The molecule has 0 aromatic heterocycles. The molecule has 376 valence electrons. The standard InChI is InChI=1S/C54H72N2O12S/c1-2-28-66-54-49(56(24-30-61-31-27-59)53(60)65-33-32-62-39-40-15-5-3-6-16-40)38-47(55-68-50-21-11-14-29-64-50)45-36-41(17-9-12-25-57)44(20-10-13-26-58)51(52(45)54)46-37-42(22-23-48(46)67-54)63-34-35-69-43-18-7-4-8-19-43/h2-8,15-16,18-19,22-23,36-37,41,44,49-52,57-59H,1,9-14,17,20-21,24-35,38-39H2/t41-,44+,49-,50?,51+,52+,54+/m0/s1. The zero-order chi connectivity index (χ0) is 48.1. The average molecular weight is 973 g/mol. The maximum Gasteiger partial charge on any atom is 0.410 e. The van der Waals surface area contributed by atoms with E-state index in [-0.39, 0.29) is 83.6 Å². The van der Waals surface area contributed by atoms with E-state index in [0.29, 0.717) is 56.3 Å². The minimum absolute atomic E-state index is 0.00798. The number of rotatable bonds is 29. The van der Waals surface area contributed by atoms with Crippen molar-refractivity contribution in [2.24, 2.45) is 22.9 Å². The molecule has 3 aromatic carbocycles. The molecule has 0 radical (unpaired) electrons. The molecule has 2 aliphatic carbocycles. The Hall–Kier alpha value is -4.45. The van der Waals surface area contributed by atoms with Gasteiger partial charge in [-0.25, -0.2) is 4.79 Å². The summed E-state index contributed by atoms with van der Waals surface area (Å²) in [6.07, 6.45) is 10.2. The summed E-state index contributed by atoms with van der Waals surface area (Å²) in [5.74, 6) is -0.107. The Labute approximate surface area is 411 Å². The van der Waals surface area contributed by atoms with Crippen LogP contribution in [0.2, 0.25) is 0 Å². The van der Waals surface area contributed by atoms with Crippen LogP contribution in [-0.2, 0) is 35.1 Å². The van der Waals surface area contributed by atoms with E-state index >= 15 is 0 Å². The van der Waals surface area contributed by atoms with Crippen molar-refractivity contribution in [3.05, 3.63) is 114 Å². The number of aliphatic hydroxyl groups excluding tert-OH is 3. The maximum absolute atomic E-state index is 14.8. The van der Waals surface area contributed by atoms with Gasteiger partial charge in [0.15, 0.2) is 0 Å². The number of unbranched alkanes of at least 4 members (excludes halogenated alkanes) is 2. The van der Waals surface area contributed by atoms with E-state index in [2.05, 4.69) is 30.9 Å². The predicted molar refractivity (Wildman–Crippen MR) is 264 cm³/mol. The van der Waals surface area contributed by atoms with E-state index in [1.165, 1.54) is 4.90 Å². The summed E-state index contributed by atoms with van der Waals surface area (Å²) in [7, 11) is 0. The third-order valence-corrected chi connectivity index (χ3v) is 14.3. The molecule has 14 nitrogen and oxygen atoms in total. The lowest BCUT2D eigenvalue weighted by molar-refractivity contribution is -0.256. The van der Waals surface area contributed by atoms with Crippen LogP contribution >= 0.6 is 11.8 Å². The number of benzene rings is 3. The van der Waals surface area contributed by atoms with Gasteiger partial charge in [-0.15, -0.1) is 18.3 Å². The Bertz CT molecular complexity index is 2070. The topological polar surface area (TPSA) is 167 Å². The Morgan fingerprint density at radius 2 is 1.68 bits per heavy atom. The van der Waals surface area contributed by atoms with E-state index in [4.69, 9.17) is 43.2 Å². The van der Waals surface area contributed by atoms with Crippen molar-refractivity contribution in [2.45, 2.75) is 99.7 Å². The van der Waals surface area contributed by atoms with E-state index in [1.54, 1.807) is 22.7 Å². The number of allylic oxidation sites excluding steroid dienone is 1. The summed E-state index contributed by atoms with van der Waals surface area (Å²) in [6.45, 7) is 6.02. The first-order chi connectivity index (χ1) is 34.0. The van der Waals surface area contributed by atoms with Crippen molar-refractivity contribution in [2.75, 3.05) is 78.4 Å². The summed E-state index contributed by atoms with van der Waals surface area (Å²) in [5, 5.41) is 34.6. The first-order valence-corrected chi connectivity index (χ1v) is 25.9. The monoisotopic (exact) mass is 972 g/mol. The van der Waals surface area contributed by atoms with Crippen LogP contribution in [0.1, 0.15) is 81.3 Å². The van der Waals surface area contributed by atoms with E-state index < -0.39 is 30.1 Å². The van der Waals surface area contributed by atoms with E-state index in [1.807, 2.05) is 60.7 Å². The minimum Gasteiger partial charge on any atom is -0.493 e.